The van der Waals surface area contributed by atoms with Gasteiger partial charge in [0.1, 0.15) is 24.3 Å². The fourth-order valence-electron chi connectivity index (χ4n) is 4.11. The van der Waals surface area contributed by atoms with E-state index in [-0.39, 0.29) is 30.4 Å². The molecule has 26 heavy (non-hydrogen) atoms. The summed E-state index contributed by atoms with van der Waals surface area (Å²) in [6.07, 6.45) is 1.52. The van der Waals surface area contributed by atoms with Gasteiger partial charge in [0, 0.05) is 17.1 Å². The summed E-state index contributed by atoms with van der Waals surface area (Å²) in [6.45, 7) is 8.25. The van der Waals surface area contributed by atoms with E-state index in [9.17, 15) is 9.18 Å². The smallest absolute Gasteiger partial charge is 0.334 e. The van der Waals surface area contributed by atoms with Crippen LogP contribution in [0.4, 0.5) is 4.39 Å². The fraction of sp³-hybridized carbons (Fsp3) is 0.318. The molecule has 1 aliphatic heterocycles. The predicted octanol–water partition coefficient (Wildman–Crippen LogP) is 4.74. The largest absolute Gasteiger partial charge is 0.489 e. The molecule has 1 aliphatic carbocycles. The average molecular weight is 352 g/mol. The molecule has 0 bridgehead atoms. The molecule has 2 aromatic carbocycles. The Morgan fingerprint density at radius 1 is 1.31 bits per heavy atom. The van der Waals surface area contributed by atoms with E-state index in [4.69, 9.17) is 9.47 Å². The molecule has 2 atom stereocenters. The minimum Gasteiger partial charge on any atom is -0.489 e. The zero-order chi connectivity index (χ0) is 18.4. The number of halogens is 1. The molecule has 0 amide bonds. The Morgan fingerprint density at radius 2 is 2.12 bits per heavy atom. The number of hydrogen-bond acceptors (Lipinski definition) is 3. The highest BCUT2D eigenvalue weighted by Crippen LogP contribution is 2.49. The van der Waals surface area contributed by atoms with Crippen LogP contribution in [0.5, 0.6) is 5.75 Å². The number of rotatable bonds is 3. The Morgan fingerprint density at radius 3 is 2.88 bits per heavy atom. The number of benzene rings is 2. The van der Waals surface area contributed by atoms with Crippen molar-refractivity contribution in [2.75, 3.05) is 0 Å². The van der Waals surface area contributed by atoms with Gasteiger partial charge in [-0.2, -0.15) is 0 Å². The van der Waals surface area contributed by atoms with Crippen LogP contribution in [0.3, 0.4) is 0 Å². The van der Waals surface area contributed by atoms with Crippen LogP contribution in [0.1, 0.15) is 40.3 Å². The topological polar surface area (TPSA) is 35.5 Å². The standard InChI is InChI=1S/C22H21FO3/c1-12-9-19(25-11-15-5-4-6-16(23)10-15)14(3)20-17(12)7-8-18-13(2)22(24)26-21(18)20/h4-6,9-10,18,21H,2,7-8,11H2,1,3H3/t18-,21+/m0/s1. The number of hydrogen-bond donors (Lipinski definition) is 0. The maximum atomic E-state index is 13.4. The molecule has 2 aromatic rings. The van der Waals surface area contributed by atoms with E-state index in [1.165, 1.54) is 17.7 Å². The first-order chi connectivity index (χ1) is 12.5. The maximum absolute atomic E-state index is 13.4. The van der Waals surface area contributed by atoms with Crippen LogP contribution in [-0.2, 0) is 22.6 Å². The first-order valence-electron chi connectivity index (χ1n) is 8.85. The van der Waals surface area contributed by atoms with E-state index in [0.29, 0.717) is 5.57 Å². The summed E-state index contributed by atoms with van der Waals surface area (Å²) in [5.74, 6) is 0.228. The van der Waals surface area contributed by atoms with Crippen LogP contribution in [0.25, 0.3) is 0 Å². The van der Waals surface area contributed by atoms with Gasteiger partial charge in [-0.3, -0.25) is 0 Å². The van der Waals surface area contributed by atoms with Crippen molar-refractivity contribution in [3.8, 4) is 5.75 Å². The molecule has 0 unspecified atom stereocenters. The van der Waals surface area contributed by atoms with Crippen LogP contribution in [0, 0.1) is 25.6 Å². The Bertz CT molecular complexity index is 916. The van der Waals surface area contributed by atoms with Crippen molar-refractivity contribution >= 4 is 5.97 Å². The minimum absolute atomic E-state index is 0.0477. The summed E-state index contributed by atoms with van der Waals surface area (Å²) in [4.78, 5) is 12.0. The third kappa shape index (κ3) is 2.70. The van der Waals surface area contributed by atoms with E-state index < -0.39 is 0 Å². The molecule has 1 fully saturated rings. The molecule has 134 valence electrons. The average Bonchev–Trinajstić information content (AvgIpc) is 2.91. The van der Waals surface area contributed by atoms with Gasteiger partial charge >= 0.3 is 5.97 Å². The van der Waals surface area contributed by atoms with Gasteiger partial charge in [-0.1, -0.05) is 18.7 Å². The lowest BCUT2D eigenvalue weighted by Crippen LogP contribution is -2.20. The molecule has 0 saturated carbocycles. The van der Waals surface area contributed by atoms with Crippen molar-refractivity contribution in [1.82, 2.24) is 0 Å². The molecule has 3 nitrogen and oxygen atoms in total. The molecular formula is C22H21FO3. The van der Waals surface area contributed by atoms with Crippen LogP contribution < -0.4 is 4.74 Å². The normalized spacial score (nSPS) is 21.2. The second-order valence-electron chi connectivity index (χ2n) is 7.12. The summed E-state index contributed by atoms with van der Waals surface area (Å²) in [5.41, 5.74) is 5.76. The van der Waals surface area contributed by atoms with Crippen molar-refractivity contribution in [1.29, 1.82) is 0 Å². The van der Waals surface area contributed by atoms with Crippen LogP contribution in [-0.4, -0.2) is 5.97 Å². The second kappa shape index (κ2) is 6.27. The zero-order valence-corrected chi connectivity index (χ0v) is 15.0. The van der Waals surface area contributed by atoms with E-state index in [0.717, 1.165) is 40.8 Å². The highest BCUT2D eigenvalue weighted by Gasteiger charge is 2.44. The summed E-state index contributed by atoms with van der Waals surface area (Å²) < 4.78 is 25.0. The van der Waals surface area contributed by atoms with Gasteiger partial charge in [-0.15, -0.1) is 0 Å². The Balaban J connectivity index is 1.68. The summed E-state index contributed by atoms with van der Waals surface area (Å²) in [5, 5.41) is 0. The Kier molecular flexibility index (Phi) is 4.06. The summed E-state index contributed by atoms with van der Waals surface area (Å²) in [6, 6.07) is 8.42. The quantitative estimate of drug-likeness (QED) is 0.591. The Labute approximate surface area is 152 Å². The van der Waals surface area contributed by atoms with E-state index in [1.807, 2.05) is 19.1 Å². The maximum Gasteiger partial charge on any atom is 0.334 e. The van der Waals surface area contributed by atoms with Gasteiger partial charge in [0.25, 0.3) is 0 Å². The monoisotopic (exact) mass is 352 g/mol. The number of carbonyl (C=O) groups is 1. The predicted molar refractivity (Wildman–Crippen MR) is 96.4 cm³/mol. The lowest BCUT2D eigenvalue weighted by Gasteiger charge is -2.30. The first-order valence-corrected chi connectivity index (χ1v) is 8.85. The van der Waals surface area contributed by atoms with Crippen molar-refractivity contribution in [2.45, 2.75) is 39.4 Å². The molecule has 0 N–H and O–H groups in total. The van der Waals surface area contributed by atoms with Gasteiger partial charge in [-0.25, -0.2) is 9.18 Å². The lowest BCUT2D eigenvalue weighted by atomic mass is 9.76. The molecule has 1 heterocycles. The van der Waals surface area contributed by atoms with E-state index in [1.54, 1.807) is 6.07 Å². The molecule has 2 aliphatic rings. The van der Waals surface area contributed by atoms with Crippen LogP contribution in [0.2, 0.25) is 0 Å². The van der Waals surface area contributed by atoms with Gasteiger partial charge in [-0.05, 0) is 67.1 Å². The third-order valence-electron chi connectivity index (χ3n) is 5.50. The number of ether oxygens (including phenoxy) is 2. The summed E-state index contributed by atoms with van der Waals surface area (Å²) >= 11 is 0. The lowest BCUT2D eigenvalue weighted by molar-refractivity contribution is -0.139. The molecule has 4 heteroatoms. The highest BCUT2D eigenvalue weighted by molar-refractivity contribution is 5.91. The van der Waals surface area contributed by atoms with Crippen molar-refractivity contribution < 1.29 is 18.7 Å². The van der Waals surface area contributed by atoms with E-state index in [2.05, 4.69) is 13.5 Å². The van der Waals surface area contributed by atoms with Gasteiger partial charge in [0.05, 0.1) is 0 Å². The fourth-order valence-corrected chi connectivity index (χ4v) is 4.11. The SMILES string of the molecule is C=C1C(=O)O[C@H]2c3c(C)c(OCc4cccc(F)c4)cc(C)c3CC[C@@H]12. The molecular weight excluding hydrogens is 331 g/mol. The van der Waals surface area contributed by atoms with Crippen LogP contribution in [0.15, 0.2) is 42.5 Å². The van der Waals surface area contributed by atoms with Crippen LogP contribution >= 0.6 is 0 Å². The molecule has 4 rings (SSSR count). The third-order valence-corrected chi connectivity index (χ3v) is 5.50. The van der Waals surface area contributed by atoms with Crippen molar-refractivity contribution in [3.05, 3.63) is 76.1 Å². The van der Waals surface area contributed by atoms with Gasteiger partial charge in [0.15, 0.2) is 0 Å². The number of aryl methyl sites for hydroxylation is 1. The number of fused-ring (bicyclic) bond motifs is 3. The zero-order valence-electron chi connectivity index (χ0n) is 15.0. The highest BCUT2D eigenvalue weighted by atomic mass is 19.1. The second-order valence-corrected chi connectivity index (χ2v) is 7.12. The minimum atomic E-state index is -0.295. The molecule has 0 spiro atoms. The van der Waals surface area contributed by atoms with E-state index >= 15 is 0 Å². The first kappa shape index (κ1) is 16.8. The van der Waals surface area contributed by atoms with Crippen molar-refractivity contribution in [3.63, 3.8) is 0 Å². The molecule has 0 radical (unpaired) electrons. The van der Waals surface area contributed by atoms with Crippen molar-refractivity contribution in [2.24, 2.45) is 5.92 Å². The number of carbonyl (C=O) groups excluding carboxylic acids is 1. The number of esters is 1. The van der Waals surface area contributed by atoms with Gasteiger partial charge in [0.2, 0.25) is 0 Å². The van der Waals surface area contributed by atoms with Gasteiger partial charge < -0.3 is 9.47 Å². The molecule has 0 aromatic heterocycles. The molecule has 1 saturated heterocycles. The summed E-state index contributed by atoms with van der Waals surface area (Å²) in [7, 11) is 0. The Hall–Kier alpha value is -2.62.